The molecule has 4 nitrogen and oxygen atoms in total. The molecule has 0 aliphatic carbocycles. The Morgan fingerprint density at radius 2 is 2.24 bits per heavy atom. The van der Waals surface area contributed by atoms with Crippen LogP contribution in [-0.2, 0) is 0 Å². The lowest BCUT2D eigenvalue weighted by Crippen LogP contribution is -2.55. The first kappa shape index (κ1) is 16.5. The molecule has 1 amide bonds. The molecule has 1 aromatic rings. The number of hydrogen-bond donors (Lipinski definition) is 2. The van der Waals surface area contributed by atoms with Crippen LogP contribution in [0.4, 0.5) is 0 Å². The molecule has 1 atom stereocenters. The molecule has 1 aromatic heterocycles. The van der Waals surface area contributed by atoms with Crippen LogP contribution in [-0.4, -0.2) is 18.0 Å². The van der Waals surface area contributed by atoms with Crippen LogP contribution in [0.5, 0.6) is 0 Å². The molecule has 3 N–H and O–H groups in total. The Bertz CT molecular complexity index is 381. The minimum absolute atomic E-state index is 0. The van der Waals surface area contributed by atoms with Crippen molar-refractivity contribution in [3.63, 3.8) is 0 Å². The van der Waals surface area contributed by atoms with Crippen molar-refractivity contribution in [1.29, 1.82) is 0 Å². The summed E-state index contributed by atoms with van der Waals surface area (Å²) in [5.74, 6) is 0.272. The summed E-state index contributed by atoms with van der Waals surface area (Å²) >= 11 is 3.25. The molecular weight excluding hydrogens is 307 g/mol. The monoisotopic (exact) mass is 324 g/mol. The molecule has 0 fully saturated rings. The van der Waals surface area contributed by atoms with Crippen LogP contribution in [0.25, 0.3) is 0 Å². The van der Waals surface area contributed by atoms with Crippen molar-refractivity contribution in [2.24, 2.45) is 11.7 Å². The largest absolute Gasteiger partial charge is 0.458 e. The van der Waals surface area contributed by atoms with Gasteiger partial charge in [-0.05, 0) is 34.8 Å². The van der Waals surface area contributed by atoms with Crippen molar-refractivity contribution >= 4 is 34.2 Å². The van der Waals surface area contributed by atoms with E-state index in [4.69, 9.17) is 10.2 Å². The highest BCUT2D eigenvalue weighted by molar-refractivity contribution is 9.10. The molecule has 0 saturated carbocycles. The Kier molecular flexibility index (Phi) is 6.23. The van der Waals surface area contributed by atoms with Gasteiger partial charge in [0.1, 0.15) is 0 Å². The van der Waals surface area contributed by atoms with E-state index < -0.39 is 5.54 Å². The highest BCUT2D eigenvalue weighted by atomic mass is 79.9. The molecule has 0 bridgehead atoms. The summed E-state index contributed by atoms with van der Waals surface area (Å²) in [4.78, 5) is 11.9. The Hall–Kier alpha value is -0.520. The van der Waals surface area contributed by atoms with Crippen LogP contribution in [0.1, 0.15) is 31.3 Å². The van der Waals surface area contributed by atoms with Gasteiger partial charge in [-0.1, -0.05) is 13.8 Å². The van der Waals surface area contributed by atoms with E-state index in [1.54, 1.807) is 6.07 Å². The van der Waals surface area contributed by atoms with Crippen LogP contribution in [0, 0.1) is 5.92 Å². The summed E-state index contributed by atoms with van der Waals surface area (Å²) in [5.41, 5.74) is 5.26. The first-order valence-electron chi connectivity index (χ1n) is 5.16. The van der Waals surface area contributed by atoms with Crippen molar-refractivity contribution in [2.75, 3.05) is 6.54 Å². The van der Waals surface area contributed by atoms with Gasteiger partial charge in [0.05, 0.1) is 16.3 Å². The van der Waals surface area contributed by atoms with Crippen LogP contribution in [0.3, 0.4) is 0 Å². The molecule has 1 rings (SSSR count). The fourth-order valence-electron chi connectivity index (χ4n) is 1.20. The third-order valence-electron chi connectivity index (χ3n) is 2.92. The average Bonchev–Trinajstić information content (AvgIpc) is 2.64. The smallest absolute Gasteiger partial charge is 0.288 e. The maximum absolute atomic E-state index is 11.9. The van der Waals surface area contributed by atoms with Crippen molar-refractivity contribution in [1.82, 2.24) is 5.32 Å². The zero-order chi connectivity index (χ0) is 12.3. The number of furan rings is 1. The number of carbonyl (C=O) groups excluding carboxylic acids is 1. The highest BCUT2D eigenvalue weighted by Gasteiger charge is 2.30. The summed E-state index contributed by atoms with van der Waals surface area (Å²) in [7, 11) is 0. The summed E-state index contributed by atoms with van der Waals surface area (Å²) in [6, 6.07) is 1.68. The van der Waals surface area contributed by atoms with Crippen LogP contribution in [0.2, 0.25) is 0 Å². The summed E-state index contributed by atoms with van der Waals surface area (Å²) in [6.07, 6.45) is 1.47. The molecule has 0 aliphatic heterocycles. The lowest BCUT2D eigenvalue weighted by atomic mass is 9.88. The normalized spacial score (nSPS) is 14.0. The van der Waals surface area contributed by atoms with Gasteiger partial charge >= 0.3 is 0 Å². The number of rotatable bonds is 4. The van der Waals surface area contributed by atoms with Crippen molar-refractivity contribution < 1.29 is 9.21 Å². The van der Waals surface area contributed by atoms with Gasteiger partial charge in [0.15, 0.2) is 0 Å². The fraction of sp³-hybridized carbons (Fsp3) is 0.545. The second kappa shape index (κ2) is 6.42. The SMILES string of the molecule is CC(C)C(C)(CN)NC(=O)c1occc1Br.Cl. The van der Waals surface area contributed by atoms with E-state index in [0.717, 1.165) is 0 Å². The maximum Gasteiger partial charge on any atom is 0.288 e. The first-order valence-corrected chi connectivity index (χ1v) is 5.95. The molecule has 98 valence electrons. The zero-order valence-electron chi connectivity index (χ0n) is 10.1. The van der Waals surface area contributed by atoms with Gasteiger partial charge in [-0.25, -0.2) is 0 Å². The molecule has 0 radical (unpaired) electrons. The first-order chi connectivity index (χ1) is 7.40. The Morgan fingerprint density at radius 3 is 2.59 bits per heavy atom. The zero-order valence-corrected chi connectivity index (χ0v) is 12.5. The highest BCUT2D eigenvalue weighted by Crippen LogP contribution is 2.20. The minimum atomic E-state index is -0.427. The fourth-order valence-corrected chi connectivity index (χ4v) is 1.58. The summed E-state index contributed by atoms with van der Waals surface area (Å²) < 4.78 is 5.74. The maximum atomic E-state index is 11.9. The van der Waals surface area contributed by atoms with E-state index in [1.807, 2.05) is 20.8 Å². The second-order valence-electron chi connectivity index (χ2n) is 4.33. The standard InChI is InChI=1S/C11H17BrN2O2.ClH/c1-7(2)11(3,6-13)14-10(15)9-8(12)4-5-16-9;/h4-5,7H,6,13H2,1-3H3,(H,14,15);1H. The average molecular weight is 326 g/mol. The lowest BCUT2D eigenvalue weighted by molar-refractivity contribution is 0.0853. The topological polar surface area (TPSA) is 68.3 Å². The molecule has 0 spiro atoms. The predicted octanol–water partition coefficient (Wildman–Crippen LogP) is 2.57. The summed E-state index contributed by atoms with van der Waals surface area (Å²) in [6.45, 7) is 6.34. The minimum Gasteiger partial charge on any atom is -0.458 e. The number of amides is 1. The predicted molar refractivity (Wildman–Crippen MR) is 73.4 cm³/mol. The number of hydrogen-bond acceptors (Lipinski definition) is 3. The molecule has 6 heteroatoms. The van der Waals surface area contributed by atoms with Crippen LogP contribution >= 0.6 is 28.3 Å². The molecule has 0 aromatic carbocycles. The molecule has 0 saturated heterocycles. The lowest BCUT2D eigenvalue weighted by Gasteiger charge is -2.33. The number of nitrogens with two attached hydrogens (primary N) is 1. The van der Waals surface area contributed by atoms with Gasteiger partial charge < -0.3 is 15.5 Å². The van der Waals surface area contributed by atoms with Gasteiger partial charge in [0, 0.05) is 6.54 Å². The molecule has 1 unspecified atom stereocenters. The number of halogens is 2. The van der Waals surface area contributed by atoms with E-state index in [2.05, 4.69) is 21.2 Å². The van der Waals surface area contributed by atoms with E-state index in [-0.39, 0.29) is 30.0 Å². The molecular formula is C11H18BrClN2O2. The third kappa shape index (κ3) is 3.72. The van der Waals surface area contributed by atoms with Gasteiger partial charge in [-0.3, -0.25) is 4.79 Å². The van der Waals surface area contributed by atoms with Gasteiger partial charge in [-0.15, -0.1) is 12.4 Å². The number of nitrogens with one attached hydrogen (secondary N) is 1. The van der Waals surface area contributed by atoms with E-state index in [0.29, 0.717) is 11.0 Å². The Balaban J connectivity index is 0.00000256. The Morgan fingerprint density at radius 1 is 1.65 bits per heavy atom. The van der Waals surface area contributed by atoms with Crippen molar-refractivity contribution in [2.45, 2.75) is 26.3 Å². The van der Waals surface area contributed by atoms with Crippen molar-refractivity contribution in [3.8, 4) is 0 Å². The van der Waals surface area contributed by atoms with Crippen LogP contribution < -0.4 is 11.1 Å². The van der Waals surface area contributed by atoms with Gasteiger partial charge in [0.25, 0.3) is 5.91 Å². The van der Waals surface area contributed by atoms with E-state index in [9.17, 15) is 4.79 Å². The van der Waals surface area contributed by atoms with E-state index >= 15 is 0 Å². The van der Waals surface area contributed by atoms with E-state index in [1.165, 1.54) is 6.26 Å². The number of carbonyl (C=O) groups is 1. The van der Waals surface area contributed by atoms with Crippen LogP contribution in [0.15, 0.2) is 21.2 Å². The molecule has 17 heavy (non-hydrogen) atoms. The molecule has 1 heterocycles. The van der Waals surface area contributed by atoms with Gasteiger partial charge in [-0.2, -0.15) is 0 Å². The van der Waals surface area contributed by atoms with Gasteiger partial charge in [0.2, 0.25) is 5.76 Å². The molecule has 0 aliphatic rings. The van der Waals surface area contributed by atoms with Crippen molar-refractivity contribution in [3.05, 3.63) is 22.6 Å². The third-order valence-corrected chi connectivity index (χ3v) is 3.55. The Labute approximate surface area is 116 Å². The summed E-state index contributed by atoms with van der Waals surface area (Å²) in [5, 5.41) is 2.90. The second-order valence-corrected chi connectivity index (χ2v) is 5.18. The quantitative estimate of drug-likeness (QED) is 0.894.